The summed E-state index contributed by atoms with van der Waals surface area (Å²) in [6.45, 7) is 7.10. The lowest BCUT2D eigenvalue weighted by atomic mass is 10.0. The molecule has 1 aromatic heterocycles. The number of halogens is 1. The molecule has 0 radical (unpaired) electrons. The van der Waals surface area contributed by atoms with Gasteiger partial charge in [-0.2, -0.15) is 0 Å². The van der Waals surface area contributed by atoms with Crippen molar-refractivity contribution >= 4 is 21.8 Å². The van der Waals surface area contributed by atoms with Gasteiger partial charge in [0.15, 0.2) is 0 Å². The van der Waals surface area contributed by atoms with Crippen LogP contribution < -0.4 is 0 Å². The van der Waals surface area contributed by atoms with Crippen LogP contribution in [0.2, 0.25) is 0 Å². The van der Waals surface area contributed by atoms with Crippen molar-refractivity contribution in [1.29, 1.82) is 0 Å². The van der Waals surface area contributed by atoms with Gasteiger partial charge in [-0.05, 0) is 32.9 Å². The van der Waals surface area contributed by atoms with Gasteiger partial charge < -0.3 is 9.64 Å². The summed E-state index contributed by atoms with van der Waals surface area (Å²) in [7, 11) is 0. The first-order chi connectivity index (χ1) is 8.93. The van der Waals surface area contributed by atoms with Crippen molar-refractivity contribution in [1.82, 2.24) is 9.88 Å². The molecule has 0 saturated carbocycles. The molecule has 1 fully saturated rings. The average Bonchev–Trinajstić information content (AvgIpc) is 2.36. The number of ether oxygens (including phenoxy) is 1. The highest BCUT2D eigenvalue weighted by atomic mass is 79.9. The van der Waals surface area contributed by atoms with Crippen molar-refractivity contribution in [2.45, 2.75) is 32.5 Å². The summed E-state index contributed by atoms with van der Waals surface area (Å²) in [4.78, 5) is 18.6. The first-order valence-electron chi connectivity index (χ1n) is 6.37. The normalized spacial score (nSPS) is 22.3. The van der Waals surface area contributed by atoms with E-state index < -0.39 is 0 Å². The van der Waals surface area contributed by atoms with Crippen LogP contribution >= 0.6 is 15.9 Å². The second kappa shape index (κ2) is 5.59. The first kappa shape index (κ1) is 14.5. The van der Waals surface area contributed by atoms with Gasteiger partial charge in [-0.15, -0.1) is 0 Å². The molecule has 19 heavy (non-hydrogen) atoms. The third-order valence-electron chi connectivity index (χ3n) is 3.18. The van der Waals surface area contributed by atoms with Crippen molar-refractivity contribution in [2.75, 3.05) is 18.4 Å². The molecule has 0 N–H and O–H groups in total. The molecule has 1 aromatic rings. The zero-order valence-corrected chi connectivity index (χ0v) is 13.1. The lowest BCUT2D eigenvalue weighted by Crippen LogP contribution is -2.55. The fourth-order valence-electron chi connectivity index (χ4n) is 2.41. The molecule has 2 heterocycles. The molecule has 1 aliphatic heterocycles. The van der Waals surface area contributed by atoms with Crippen LogP contribution in [0.3, 0.4) is 0 Å². The van der Waals surface area contributed by atoms with E-state index >= 15 is 0 Å². The predicted molar refractivity (Wildman–Crippen MR) is 77.6 cm³/mol. The van der Waals surface area contributed by atoms with Crippen LogP contribution in [0.1, 0.15) is 29.9 Å². The van der Waals surface area contributed by atoms with E-state index in [0.29, 0.717) is 18.7 Å². The van der Waals surface area contributed by atoms with Crippen molar-refractivity contribution in [2.24, 2.45) is 0 Å². The molecule has 4 nitrogen and oxygen atoms in total. The summed E-state index contributed by atoms with van der Waals surface area (Å²) in [5, 5.41) is 0.728. The van der Waals surface area contributed by atoms with Gasteiger partial charge in [0.05, 0.1) is 17.3 Å². The minimum Gasteiger partial charge on any atom is -0.368 e. The minimum absolute atomic E-state index is 0.0321. The third kappa shape index (κ3) is 3.34. The van der Waals surface area contributed by atoms with Crippen molar-refractivity contribution in [3.8, 4) is 0 Å². The molecular weight excluding hydrogens is 308 g/mol. The molecular formula is C14H19BrN2O2. The molecule has 1 aliphatic rings. The number of pyridine rings is 1. The monoisotopic (exact) mass is 326 g/mol. The smallest absolute Gasteiger partial charge is 0.255 e. The Bertz CT molecular complexity index is 476. The van der Waals surface area contributed by atoms with Gasteiger partial charge in [-0.25, -0.2) is 0 Å². The summed E-state index contributed by atoms with van der Waals surface area (Å²) in [5.74, 6) is 0.0351. The Morgan fingerprint density at radius 3 is 3.00 bits per heavy atom. The second-order valence-electron chi connectivity index (χ2n) is 5.48. The molecule has 5 heteroatoms. The molecule has 0 spiro atoms. The van der Waals surface area contributed by atoms with Gasteiger partial charge in [0, 0.05) is 30.3 Å². The van der Waals surface area contributed by atoms with Gasteiger partial charge in [0.1, 0.15) is 0 Å². The van der Waals surface area contributed by atoms with Crippen LogP contribution in [-0.4, -0.2) is 45.9 Å². The molecule has 0 aliphatic carbocycles. The molecule has 1 saturated heterocycles. The number of nitrogens with zero attached hydrogens (tertiary/aromatic N) is 2. The minimum atomic E-state index is -0.317. The fraction of sp³-hybridized carbons (Fsp3) is 0.571. The summed E-state index contributed by atoms with van der Waals surface area (Å²) >= 11 is 3.43. The number of amides is 1. The first-order valence-corrected chi connectivity index (χ1v) is 7.50. The molecule has 1 amide bonds. The highest BCUT2D eigenvalue weighted by Crippen LogP contribution is 2.23. The number of aryl methyl sites for hydroxylation is 1. The van der Waals surface area contributed by atoms with Crippen LogP contribution in [0.5, 0.6) is 0 Å². The number of hydrogen-bond acceptors (Lipinski definition) is 3. The Morgan fingerprint density at radius 1 is 1.63 bits per heavy atom. The zero-order valence-electron chi connectivity index (χ0n) is 11.5. The van der Waals surface area contributed by atoms with Crippen molar-refractivity contribution in [3.05, 3.63) is 29.6 Å². The number of carbonyl (C=O) groups is 1. The molecule has 0 bridgehead atoms. The molecule has 1 atom stereocenters. The summed E-state index contributed by atoms with van der Waals surface area (Å²) in [6, 6.07) is 3.63. The van der Waals surface area contributed by atoms with E-state index in [1.165, 1.54) is 0 Å². The quantitative estimate of drug-likeness (QED) is 0.784. The van der Waals surface area contributed by atoms with E-state index in [9.17, 15) is 4.79 Å². The number of rotatable bonds is 2. The fourth-order valence-corrected chi connectivity index (χ4v) is 2.75. The van der Waals surface area contributed by atoms with Crippen LogP contribution in [0.25, 0.3) is 0 Å². The number of morpholine rings is 1. The Labute approximate surface area is 122 Å². The Morgan fingerprint density at radius 2 is 2.37 bits per heavy atom. The van der Waals surface area contributed by atoms with E-state index in [1.54, 1.807) is 12.3 Å². The molecule has 1 unspecified atom stereocenters. The van der Waals surface area contributed by atoms with Crippen LogP contribution in [-0.2, 0) is 4.74 Å². The second-order valence-corrected chi connectivity index (χ2v) is 6.12. The van der Waals surface area contributed by atoms with Crippen molar-refractivity contribution in [3.63, 3.8) is 0 Å². The summed E-state index contributed by atoms with van der Waals surface area (Å²) < 4.78 is 5.91. The summed E-state index contributed by atoms with van der Waals surface area (Å²) in [6.07, 6.45) is 1.74. The maximum absolute atomic E-state index is 12.6. The van der Waals surface area contributed by atoms with Crippen LogP contribution in [0, 0.1) is 6.92 Å². The lowest BCUT2D eigenvalue weighted by molar-refractivity contribution is -0.116. The summed E-state index contributed by atoms with van der Waals surface area (Å²) in [5.41, 5.74) is 1.13. The maximum Gasteiger partial charge on any atom is 0.255 e. The Balaban J connectivity index is 2.21. The molecule has 104 valence electrons. The average molecular weight is 327 g/mol. The third-order valence-corrected chi connectivity index (χ3v) is 3.90. The predicted octanol–water partition coefficient (Wildman–Crippen LogP) is 2.40. The Kier molecular flexibility index (Phi) is 4.26. The van der Waals surface area contributed by atoms with E-state index in [0.717, 1.165) is 11.0 Å². The lowest BCUT2D eigenvalue weighted by Gasteiger charge is -2.42. The highest BCUT2D eigenvalue weighted by molar-refractivity contribution is 9.09. The Hall–Kier alpha value is -0.940. The van der Waals surface area contributed by atoms with E-state index in [4.69, 9.17) is 4.74 Å². The maximum atomic E-state index is 12.6. The molecule has 0 aromatic carbocycles. The van der Waals surface area contributed by atoms with Gasteiger partial charge >= 0.3 is 0 Å². The van der Waals surface area contributed by atoms with Crippen molar-refractivity contribution < 1.29 is 9.53 Å². The number of hydrogen-bond donors (Lipinski definition) is 0. The highest BCUT2D eigenvalue weighted by Gasteiger charge is 2.35. The van der Waals surface area contributed by atoms with Gasteiger partial charge in [-0.3, -0.25) is 9.78 Å². The van der Waals surface area contributed by atoms with E-state index in [2.05, 4.69) is 20.9 Å². The van der Waals surface area contributed by atoms with Crippen LogP contribution in [0.15, 0.2) is 18.3 Å². The number of carbonyl (C=O) groups excluding carboxylic acids is 1. The van der Waals surface area contributed by atoms with E-state index in [1.807, 2.05) is 31.7 Å². The number of alkyl halides is 1. The van der Waals surface area contributed by atoms with Crippen LogP contribution in [0.4, 0.5) is 0 Å². The van der Waals surface area contributed by atoms with Gasteiger partial charge in [0.2, 0.25) is 0 Å². The van der Waals surface area contributed by atoms with Gasteiger partial charge in [0.25, 0.3) is 5.91 Å². The standard InChI is InChI=1S/C14H19BrN2O2/c1-10-12(5-4-6-16-10)13(18)17-8-11(7-15)19-14(2,3)9-17/h4-6,11H,7-9H2,1-3H3. The topological polar surface area (TPSA) is 42.4 Å². The largest absolute Gasteiger partial charge is 0.368 e. The SMILES string of the molecule is Cc1ncccc1C(=O)N1CC(CBr)OC(C)(C)C1. The van der Waals surface area contributed by atoms with Gasteiger partial charge in [-0.1, -0.05) is 15.9 Å². The van der Waals surface area contributed by atoms with E-state index in [-0.39, 0.29) is 17.6 Å². The zero-order chi connectivity index (χ0) is 14.0. The molecule has 2 rings (SSSR count). The number of aromatic nitrogens is 1.